The maximum absolute atomic E-state index is 14.9. The van der Waals surface area contributed by atoms with Gasteiger partial charge in [-0.15, -0.1) is 0 Å². The highest BCUT2D eigenvalue weighted by Crippen LogP contribution is 2.33. The fourth-order valence-corrected chi connectivity index (χ4v) is 12.7. The van der Waals surface area contributed by atoms with Crippen LogP contribution in [0.1, 0.15) is 117 Å². The smallest absolute Gasteiger partial charge is 0.410 e. The average Bonchev–Trinajstić information content (AvgIpc) is 1.28. The van der Waals surface area contributed by atoms with Gasteiger partial charge in [-0.2, -0.15) is 0 Å². The summed E-state index contributed by atoms with van der Waals surface area (Å²) in [5, 5.41) is 63.5. The van der Waals surface area contributed by atoms with Crippen LogP contribution in [0, 0.1) is 23.7 Å². The summed E-state index contributed by atoms with van der Waals surface area (Å²) in [7, 11) is 7.48. The number of methoxy groups -OCH3 is 3. The average molecular weight is 1420 g/mol. The fraction of sp³-hybridized carbons (Fsp3) is 0.696. The van der Waals surface area contributed by atoms with E-state index in [2.05, 4.69) is 21.3 Å². The predicted octanol–water partition coefficient (Wildman–Crippen LogP) is 0.582. The van der Waals surface area contributed by atoms with Crippen LogP contribution < -0.4 is 31.7 Å². The molecule has 5 rings (SSSR count). The van der Waals surface area contributed by atoms with E-state index in [1.165, 1.54) is 44.4 Å². The number of nitrogens with zero attached hydrogens (tertiary/aromatic N) is 4. The number of benzene rings is 2. The van der Waals surface area contributed by atoms with Crippen molar-refractivity contribution in [1.29, 1.82) is 0 Å². The van der Waals surface area contributed by atoms with Crippen LogP contribution in [0.5, 0.6) is 5.75 Å². The molecule has 2 aromatic carbocycles. The second-order valence-corrected chi connectivity index (χ2v) is 26.8. The van der Waals surface area contributed by atoms with Gasteiger partial charge in [-0.3, -0.25) is 38.5 Å². The van der Waals surface area contributed by atoms with Crippen molar-refractivity contribution in [3.8, 4) is 5.75 Å². The lowest BCUT2D eigenvalue weighted by Gasteiger charge is -2.49. The van der Waals surface area contributed by atoms with Crippen LogP contribution in [0.2, 0.25) is 0 Å². The van der Waals surface area contributed by atoms with Crippen molar-refractivity contribution in [2.24, 2.45) is 29.4 Å². The number of hydrogen-bond donors (Lipinski definition) is 10. The zero-order valence-electron chi connectivity index (χ0n) is 60.0. The second kappa shape index (κ2) is 39.9. The minimum Gasteiger partial charge on any atom is -0.479 e. The summed E-state index contributed by atoms with van der Waals surface area (Å²) in [6.45, 7) is 14.8. The number of carbonyl (C=O) groups excluding carboxylic acids is 8. The lowest BCUT2D eigenvalue weighted by molar-refractivity contribution is -0.271. The third-order valence-electron chi connectivity index (χ3n) is 18.9. The monoisotopic (exact) mass is 1420 g/mol. The van der Waals surface area contributed by atoms with Crippen molar-refractivity contribution in [1.82, 2.24) is 40.9 Å². The van der Waals surface area contributed by atoms with E-state index in [9.17, 15) is 68.7 Å². The van der Waals surface area contributed by atoms with Gasteiger partial charge in [-0.1, -0.05) is 91.3 Å². The molecule has 3 fully saturated rings. The molecule has 100 heavy (non-hydrogen) atoms. The zero-order chi connectivity index (χ0) is 74.3. The highest BCUT2D eigenvalue weighted by atomic mass is 16.7. The number of nitrogens with one attached hydrogen (secondary N) is 4. The number of aliphatic carboxylic acids is 1. The third-order valence-corrected chi connectivity index (χ3v) is 18.9. The number of carbonyl (C=O) groups is 9. The van der Waals surface area contributed by atoms with Crippen LogP contribution in [-0.2, 0) is 84.7 Å². The Bertz CT molecular complexity index is 3000. The van der Waals surface area contributed by atoms with E-state index in [4.69, 9.17) is 43.6 Å². The molecule has 0 unspecified atom stereocenters. The zero-order valence-corrected chi connectivity index (χ0v) is 60.0. The first-order valence-electron chi connectivity index (χ1n) is 34.2. The summed E-state index contributed by atoms with van der Waals surface area (Å²) in [5.74, 6) is -6.72. The molecule has 3 aliphatic rings. The van der Waals surface area contributed by atoms with Crippen molar-refractivity contribution in [3.63, 3.8) is 0 Å². The Balaban J connectivity index is 1.23. The van der Waals surface area contributed by atoms with Crippen molar-refractivity contribution in [2.45, 2.75) is 192 Å². The highest BCUT2D eigenvalue weighted by molar-refractivity contribution is 5.92. The molecule has 562 valence electrons. The largest absolute Gasteiger partial charge is 0.479 e. The molecule has 8 amide bonds. The molecular weight excluding hydrogens is 1310 g/mol. The number of hydrogen-bond acceptors (Lipinski definition) is 22. The summed E-state index contributed by atoms with van der Waals surface area (Å²) >= 11 is 0. The maximum atomic E-state index is 14.9. The first kappa shape index (κ1) is 83.5. The van der Waals surface area contributed by atoms with E-state index in [-0.39, 0.29) is 93.5 Å². The molecule has 0 aromatic heterocycles. The molecule has 15 atom stereocenters. The number of ether oxygens (including phenoxy) is 8. The number of amides is 8. The Morgan fingerprint density at radius 1 is 0.790 bits per heavy atom. The maximum Gasteiger partial charge on any atom is 0.410 e. The van der Waals surface area contributed by atoms with E-state index in [1.807, 2.05) is 19.9 Å². The first-order chi connectivity index (χ1) is 47.4. The molecular formula is C69H109N9O22. The number of nitrogens with two attached hydrogens (primary N) is 1. The van der Waals surface area contributed by atoms with Gasteiger partial charge in [0.25, 0.3) is 0 Å². The van der Waals surface area contributed by atoms with E-state index >= 15 is 0 Å². The number of aliphatic hydroxyl groups is 4. The summed E-state index contributed by atoms with van der Waals surface area (Å²) in [6, 6.07) is 9.17. The number of likely N-dealkylation sites (N-methyl/N-ethyl adjacent to an activating group) is 2. The van der Waals surface area contributed by atoms with Crippen molar-refractivity contribution in [2.75, 3.05) is 94.6 Å². The lowest BCUT2D eigenvalue weighted by Crippen LogP contribution is -2.68. The molecule has 0 radical (unpaired) electrons. The molecule has 3 saturated heterocycles. The Kier molecular flexibility index (Phi) is 33.3. The number of rotatable bonds is 40. The van der Waals surface area contributed by atoms with Gasteiger partial charge < -0.3 is 105 Å². The molecule has 0 bridgehead atoms. The molecule has 2 aromatic rings. The topological polar surface area (TPSA) is 416 Å². The Hall–Kier alpha value is -7.17. The summed E-state index contributed by atoms with van der Waals surface area (Å²) in [4.78, 5) is 128. The second-order valence-electron chi connectivity index (χ2n) is 26.8. The Morgan fingerprint density at radius 3 is 2.09 bits per heavy atom. The van der Waals surface area contributed by atoms with E-state index < -0.39 is 151 Å². The Labute approximate surface area is 585 Å². The highest BCUT2D eigenvalue weighted by Gasteiger charge is 2.50. The minimum atomic E-state index is -2.02. The quantitative estimate of drug-likeness (QED) is 0.0408. The number of likely N-dealkylation sites (tertiary alicyclic amines) is 2. The lowest BCUT2D eigenvalue weighted by atomic mass is 9.89. The standard InChI is InChI=1S/C69H109N9O22/c1-14-41(6)56(49(94-12)32-53(82)78-27-18-21-47(78)61(95-13)42(7)63(87)73-43(8)57(83)45-19-16-15-17-20-45)75(9)65(89)54(39(2)3)74-64(88)55(40(4)5)76(10)68(92)97-34-44-22-23-48(99-67-60(86)58(84)59(85)62(100-67)66(90)91)46(31-44)33-72-50(79)24-26-71-51(80)35-98-69(36-70)37-77(38-69)52(81)25-28-96-30-29-93-11/h15-17,19-20,22-23,31,39-43,47,49,54-62,67,83-86H,14,18,21,24-30,32-38,70H2,1-13H3,(H,71,80)(H,72,79)(H,73,87)(H,74,88)(H,90,91)/t41-,42+,43+,47-,49+,54-,55-,56-,57+,58-,59-,60+,61+,62-,67+/m0/s1. The van der Waals surface area contributed by atoms with Crippen molar-refractivity contribution < 1.29 is 107 Å². The SMILES string of the molecule is CC[C@H](C)[C@@H]([C@@H](CC(=O)N1CCC[C@H]1[C@H](OC)[C@@H](C)C(=O)N[C@H](C)[C@@H](O)c1ccccc1)OC)N(C)C(=O)[C@@H](NC(=O)[C@H](C(C)C)N(C)C(=O)OCc1ccc(O[C@@H]2O[C@H](C(=O)O)[C@@H](O)[C@H](O)[C@H]2O)c(CNC(=O)CCNC(=O)COC2(CN)CN(C(=O)CCOCCOC)C2)c1)C(C)C. The molecule has 0 aliphatic carbocycles. The van der Waals surface area contributed by atoms with E-state index in [1.54, 1.807) is 89.8 Å². The van der Waals surface area contributed by atoms with Gasteiger partial charge in [-0.25, -0.2) is 9.59 Å². The van der Waals surface area contributed by atoms with Gasteiger partial charge in [0.15, 0.2) is 6.10 Å². The van der Waals surface area contributed by atoms with Gasteiger partial charge in [0.2, 0.25) is 47.6 Å². The van der Waals surface area contributed by atoms with E-state index in [0.717, 1.165) is 4.90 Å². The molecule has 31 heteroatoms. The van der Waals surface area contributed by atoms with Gasteiger partial charge in [0.1, 0.15) is 55.0 Å². The molecule has 0 spiro atoms. The summed E-state index contributed by atoms with van der Waals surface area (Å²) in [6.07, 6.45) is -11.6. The number of carboxylic acid groups (broad SMARTS) is 1. The van der Waals surface area contributed by atoms with Crippen LogP contribution in [-0.4, -0.2) is 272 Å². The van der Waals surface area contributed by atoms with Crippen LogP contribution in [0.3, 0.4) is 0 Å². The molecule has 11 N–H and O–H groups in total. The van der Waals surface area contributed by atoms with Crippen molar-refractivity contribution in [3.05, 3.63) is 65.2 Å². The summed E-state index contributed by atoms with van der Waals surface area (Å²) in [5.41, 5.74) is 6.16. The van der Waals surface area contributed by atoms with Gasteiger partial charge >= 0.3 is 12.1 Å². The predicted molar refractivity (Wildman–Crippen MR) is 361 cm³/mol. The molecule has 3 aliphatic heterocycles. The molecule has 0 saturated carbocycles. The Morgan fingerprint density at radius 2 is 1.48 bits per heavy atom. The van der Waals surface area contributed by atoms with Gasteiger partial charge in [0.05, 0.1) is 88.1 Å². The normalized spacial score (nSPS) is 21.6. The summed E-state index contributed by atoms with van der Waals surface area (Å²) < 4.78 is 45.2. The van der Waals surface area contributed by atoms with E-state index in [0.29, 0.717) is 50.1 Å². The van der Waals surface area contributed by atoms with Gasteiger partial charge in [-0.05, 0) is 60.8 Å². The number of carboxylic acids is 1. The fourth-order valence-electron chi connectivity index (χ4n) is 12.7. The first-order valence-corrected chi connectivity index (χ1v) is 34.2. The van der Waals surface area contributed by atoms with Crippen LogP contribution in [0.15, 0.2) is 48.5 Å². The van der Waals surface area contributed by atoms with Crippen LogP contribution >= 0.6 is 0 Å². The third kappa shape index (κ3) is 22.7. The molecule has 31 nitrogen and oxygen atoms in total. The number of aliphatic hydroxyl groups excluding tert-OH is 4. The van der Waals surface area contributed by atoms with Crippen LogP contribution in [0.25, 0.3) is 0 Å². The van der Waals surface area contributed by atoms with Crippen molar-refractivity contribution >= 4 is 53.4 Å². The minimum absolute atomic E-state index is 0.0412. The van der Waals surface area contributed by atoms with Gasteiger partial charge in [0, 0.05) is 73.6 Å². The molecule has 3 heterocycles. The van der Waals surface area contributed by atoms with Crippen LogP contribution in [0.4, 0.5) is 4.79 Å².